The molecule has 4 aliphatic heterocycles. The number of ether oxygens (including phenoxy) is 2. The van der Waals surface area contributed by atoms with Crippen molar-refractivity contribution in [3.05, 3.63) is 62.7 Å². The van der Waals surface area contributed by atoms with Gasteiger partial charge in [0, 0.05) is 61.6 Å². The van der Waals surface area contributed by atoms with Crippen LogP contribution in [-0.2, 0) is 33.4 Å². The fourth-order valence-electron chi connectivity index (χ4n) is 7.70. The van der Waals surface area contributed by atoms with Gasteiger partial charge in [0.2, 0.25) is 23.9 Å². The number of nitrogen functional groups attached to an aromatic ring is 1. The van der Waals surface area contributed by atoms with E-state index in [2.05, 4.69) is 31.2 Å². The van der Waals surface area contributed by atoms with Gasteiger partial charge in [-0.3, -0.25) is 33.8 Å². The molecule has 5 heterocycles. The first-order valence-corrected chi connectivity index (χ1v) is 17.8. The number of hydrogen-bond donors (Lipinski definition) is 10. The van der Waals surface area contributed by atoms with E-state index < -0.39 is 65.4 Å². The molecule has 1 aliphatic carbocycles. The number of aliphatic carboxylic acids is 2. The minimum Gasteiger partial charge on any atom is -0.481 e. The lowest BCUT2D eigenvalue weighted by Gasteiger charge is -2.39. The second-order valence-electron chi connectivity index (χ2n) is 13.9. The summed E-state index contributed by atoms with van der Waals surface area (Å²) >= 11 is 0. The van der Waals surface area contributed by atoms with Crippen LogP contribution in [0.4, 0.5) is 27.9 Å². The topological polar surface area (TPSA) is 367 Å². The number of nitrogens with one attached hydrogen (secondary N) is 5. The van der Waals surface area contributed by atoms with Gasteiger partial charge in [-0.05, 0) is 37.6 Å². The Morgan fingerprint density at radius 3 is 2.45 bits per heavy atom. The predicted molar refractivity (Wildman–Crippen MR) is 201 cm³/mol. The van der Waals surface area contributed by atoms with Crippen LogP contribution in [0.25, 0.3) is 0 Å². The highest BCUT2D eigenvalue weighted by atomic mass is 16.6. The van der Waals surface area contributed by atoms with Gasteiger partial charge in [0.15, 0.2) is 17.2 Å². The molecular weight excluding hydrogens is 766 g/mol. The van der Waals surface area contributed by atoms with Gasteiger partial charge in [-0.2, -0.15) is 4.98 Å². The number of carbonyl (C=O) groups is 7. The molecule has 2 saturated heterocycles. The average Bonchev–Trinajstić information content (AvgIpc) is 3.80. The second kappa shape index (κ2) is 15.9. The normalized spacial score (nSPS) is 24.2. The summed E-state index contributed by atoms with van der Waals surface area (Å²) in [5, 5.41) is 29.5. The van der Waals surface area contributed by atoms with Crippen LogP contribution in [0, 0.1) is 5.92 Å². The summed E-state index contributed by atoms with van der Waals surface area (Å²) < 4.78 is 10.8. The van der Waals surface area contributed by atoms with E-state index >= 15 is 0 Å². The van der Waals surface area contributed by atoms with Crippen molar-refractivity contribution in [2.24, 2.45) is 17.4 Å². The molecule has 308 valence electrons. The van der Waals surface area contributed by atoms with E-state index in [0.29, 0.717) is 30.9 Å². The number of primary amides is 1. The quantitative estimate of drug-likeness (QED) is 0.0573. The van der Waals surface area contributed by atoms with Gasteiger partial charge in [0.1, 0.15) is 12.6 Å². The van der Waals surface area contributed by atoms with Crippen molar-refractivity contribution in [2.75, 3.05) is 54.6 Å². The zero-order chi connectivity index (χ0) is 42.2. The third-order valence-corrected chi connectivity index (χ3v) is 10.6. The minimum atomic E-state index is -1.33. The van der Waals surface area contributed by atoms with E-state index in [-0.39, 0.29) is 77.3 Å². The second-order valence-corrected chi connectivity index (χ2v) is 13.9. The molecule has 6 atom stereocenters. The Balaban J connectivity index is 0.000000206. The van der Waals surface area contributed by atoms with Gasteiger partial charge in [-0.1, -0.05) is 0 Å². The molecule has 58 heavy (non-hydrogen) atoms. The van der Waals surface area contributed by atoms with Gasteiger partial charge in [-0.25, -0.2) is 9.59 Å². The third-order valence-electron chi connectivity index (χ3n) is 10.6. The van der Waals surface area contributed by atoms with Crippen molar-refractivity contribution in [1.82, 2.24) is 25.5 Å². The number of nitrogens with zero attached hydrogens (tertiary/aromatic N) is 3. The smallest absolute Gasteiger partial charge is 0.404 e. The zero-order valence-electron chi connectivity index (χ0n) is 31.1. The Morgan fingerprint density at radius 1 is 1.12 bits per heavy atom. The summed E-state index contributed by atoms with van der Waals surface area (Å²) in [6.07, 6.45) is -1.05. The van der Waals surface area contributed by atoms with Gasteiger partial charge >= 0.3 is 18.0 Å². The number of rotatable bonds is 13. The highest BCUT2D eigenvalue weighted by molar-refractivity contribution is 6.25. The van der Waals surface area contributed by atoms with E-state index in [1.807, 2.05) is 4.90 Å². The number of anilines is 4. The van der Waals surface area contributed by atoms with Crippen LogP contribution in [0.2, 0.25) is 0 Å². The Labute approximate surface area is 327 Å². The summed E-state index contributed by atoms with van der Waals surface area (Å²) in [4.78, 5) is 104. The van der Waals surface area contributed by atoms with E-state index in [1.54, 1.807) is 12.1 Å². The predicted octanol–water partition coefficient (Wildman–Crippen LogP) is -2.38. The SMILES string of the molecule is CO[C@@]12[C@H](COC(N)=O)C3=C(C(=O)C(C)=C(N)C3=O)N1C[C@@H]1N[C@@H]12.Nc1nc2c(c(=O)[nH]1)N(C=O)C(CNc1ccc(C(=O)N[C@@H](CCC(=O)O)C(=O)O)cc1)CN2. The Morgan fingerprint density at radius 2 is 1.83 bits per heavy atom. The van der Waals surface area contributed by atoms with Crippen LogP contribution in [0.15, 0.2) is 51.6 Å². The number of nitrogens with two attached hydrogens (primary N) is 3. The summed E-state index contributed by atoms with van der Waals surface area (Å²) in [5.74, 6) is -4.34. The first-order chi connectivity index (χ1) is 27.5. The highest BCUT2D eigenvalue weighted by Crippen LogP contribution is 2.55. The number of carboxylic acid groups (broad SMARTS) is 2. The Hall–Kier alpha value is -7.01. The molecule has 0 radical (unpaired) electrons. The fourth-order valence-corrected chi connectivity index (χ4v) is 7.70. The van der Waals surface area contributed by atoms with Crippen LogP contribution >= 0.6 is 0 Å². The lowest BCUT2D eigenvalue weighted by Crippen LogP contribution is -2.55. The summed E-state index contributed by atoms with van der Waals surface area (Å²) in [7, 11) is 1.52. The summed E-state index contributed by atoms with van der Waals surface area (Å²) in [5.41, 5.74) is 16.5. The maximum Gasteiger partial charge on any atom is 0.404 e. The summed E-state index contributed by atoms with van der Waals surface area (Å²) in [6.45, 7) is 2.49. The van der Waals surface area contributed by atoms with Gasteiger partial charge < -0.3 is 68.0 Å². The first kappa shape index (κ1) is 40.6. The maximum absolute atomic E-state index is 12.8. The number of hydrogen-bond acceptors (Lipinski definition) is 17. The molecule has 0 saturated carbocycles. The molecule has 0 spiro atoms. The zero-order valence-corrected chi connectivity index (χ0v) is 31.1. The van der Waals surface area contributed by atoms with Crippen molar-refractivity contribution in [3.8, 4) is 0 Å². The number of allylic oxidation sites excluding steroid dienone is 2. The molecule has 0 bridgehead atoms. The number of carboxylic acids is 2. The van der Waals surface area contributed by atoms with Crippen LogP contribution in [-0.4, -0.2) is 130 Å². The fraction of sp³-hybridized carbons (Fsp3) is 0.400. The number of piperazine rings is 1. The molecular formula is C35H41N11O12. The number of ketones is 2. The van der Waals surface area contributed by atoms with E-state index in [9.17, 15) is 43.5 Å². The van der Waals surface area contributed by atoms with Gasteiger partial charge in [-0.15, -0.1) is 0 Å². The standard InChI is InChI=1S/C20H23N7O7.C15H18N4O5/c21-20-25-16-15(18(32)26-20)27(9-28)12(8-23-16)7-22-11-3-1-10(2-4-11)17(31)24-13(19(33)34)5-6-14(29)30;1-5-9(16)12(21)8-6(4-24-14(17)22)15(23-2)13-7(18-13)3-19(15)10(8)11(5)20/h1-4,9,12-13,22H,5-8H2,(H,24,31)(H,29,30)(H,33,34)(H4,21,23,25,26,32);6-7,13,18H,3-4,16H2,1-2H3,(H2,17,22)/t12?,13-;6-,7+,13+,15-/m01/s1. The Kier molecular flexibility index (Phi) is 11.1. The largest absolute Gasteiger partial charge is 0.481 e. The molecule has 7 rings (SSSR count). The van der Waals surface area contributed by atoms with Crippen molar-refractivity contribution >= 4 is 65.1 Å². The molecule has 23 heteroatoms. The number of H-pyrrole nitrogens is 1. The number of methoxy groups -OCH3 is 1. The first-order valence-electron chi connectivity index (χ1n) is 17.8. The van der Waals surface area contributed by atoms with Crippen LogP contribution in [0.5, 0.6) is 0 Å². The molecule has 5 aliphatic rings. The van der Waals surface area contributed by atoms with Crippen LogP contribution < -0.4 is 48.9 Å². The molecule has 2 aromatic rings. The number of aromatic amines is 1. The summed E-state index contributed by atoms with van der Waals surface area (Å²) in [6, 6.07) is 4.47. The monoisotopic (exact) mass is 807 g/mol. The third kappa shape index (κ3) is 7.34. The van der Waals surface area contributed by atoms with Crippen molar-refractivity contribution in [2.45, 2.75) is 49.7 Å². The molecule has 3 amide bonds. The highest BCUT2D eigenvalue weighted by Gasteiger charge is 2.72. The van der Waals surface area contributed by atoms with Crippen LogP contribution in [0.3, 0.4) is 0 Å². The lowest BCUT2D eigenvalue weighted by molar-refractivity contribution is -0.140. The number of benzene rings is 1. The molecule has 1 aromatic carbocycles. The molecule has 2 fully saturated rings. The van der Waals surface area contributed by atoms with Gasteiger partial charge in [0.05, 0.1) is 29.4 Å². The number of fused-ring (bicyclic) bond motifs is 5. The number of amides is 3. The molecule has 1 aromatic heterocycles. The molecule has 13 N–H and O–H groups in total. The number of carbonyl (C=O) groups excluding carboxylic acids is 5. The lowest BCUT2D eigenvalue weighted by atomic mass is 9.82. The molecule has 1 unspecified atom stereocenters. The minimum absolute atomic E-state index is 0.0586. The molecule has 23 nitrogen and oxygen atoms in total. The Bertz CT molecular complexity index is 2210. The van der Waals surface area contributed by atoms with E-state index in [4.69, 9.17) is 31.8 Å². The van der Waals surface area contributed by atoms with Crippen LogP contribution in [0.1, 0.15) is 30.1 Å². The average molecular weight is 808 g/mol. The van der Waals surface area contributed by atoms with E-state index in [1.165, 1.54) is 31.1 Å². The van der Waals surface area contributed by atoms with Gasteiger partial charge in [0.25, 0.3) is 11.5 Å². The van der Waals surface area contributed by atoms with Crippen molar-refractivity contribution < 1.29 is 53.2 Å². The number of aromatic nitrogens is 2. The van der Waals surface area contributed by atoms with E-state index in [0.717, 1.165) is 0 Å². The van der Waals surface area contributed by atoms with Crippen molar-refractivity contribution in [1.29, 1.82) is 0 Å². The maximum atomic E-state index is 12.8. The number of Topliss-reactive ketones (excluding diaryl/α,β-unsaturated/α-hetero) is 2. The van der Waals surface area contributed by atoms with Crippen molar-refractivity contribution in [3.63, 3.8) is 0 Å².